The lowest BCUT2D eigenvalue weighted by Crippen LogP contribution is -2.22. The van der Waals surface area contributed by atoms with E-state index >= 15 is 0 Å². The molecule has 5 nitrogen and oxygen atoms in total. The molecule has 0 unspecified atom stereocenters. The molecule has 2 rings (SSSR count). The second kappa shape index (κ2) is 3.53. The maximum absolute atomic E-state index is 10.6. The van der Waals surface area contributed by atoms with Crippen molar-refractivity contribution >= 4 is 0 Å². The molecule has 0 saturated carbocycles. The van der Waals surface area contributed by atoms with Crippen LogP contribution in [0.15, 0.2) is 34.7 Å². The average molecular weight is 190 g/mol. The van der Waals surface area contributed by atoms with Crippen LogP contribution in [0.2, 0.25) is 0 Å². The third-order valence-electron chi connectivity index (χ3n) is 2.54. The number of hydrogen-bond donors (Lipinski definition) is 2. The van der Waals surface area contributed by atoms with Crippen molar-refractivity contribution in [3.8, 4) is 0 Å². The predicted molar refractivity (Wildman–Crippen MR) is 50.8 cm³/mol. The van der Waals surface area contributed by atoms with Crippen LogP contribution < -0.4 is 5.43 Å². The Balaban J connectivity index is 2.36. The quantitative estimate of drug-likeness (QED) is 0.434. The highest BCUT2D eigenvalue weighted by Crippen LogP contribution is 2.32. The second-order valence-electron chi connectivity index (χ2n) is 3.29. The topological polar surface area (TPSA) is 77.7 Å². The lowest BCUT2D eigenvalue weighted by Gasteiger charge is -2.12. The zero-order valence-corrected chi connectivity index (χ0v) is 7.47. The maximum atomic E-state index is 10.6. The molecule has 1 aromatic rings. The fourth-order valence-corrected chi connectivity index (χ4v) is 1.90. The van der Waals surface area contributed by atoms with Crippen molar-refractivity contribution in [3.63, 3.8) is 0 Å². The molecule has 0 amide bonds. The van der Waals surface area contributed by atoms with Gasteiger partial charge < -0.3 is 0 Å². The van der Waals surface area contributed by atoms with Crippen LogP contribution in [0.1, 0.15) is 17.2 Å². The largest absolute Gasteiger partial charge is 0.282 e. The van der Waals surface area contributed by atoms with Crippen molar-refractivity contribution in [3.05, 3.63) is 40.3 Å². The van der Waals surface area contributed by atoms with Gasteiger partial charge in [-0.05, 0) is 11.1 Å². The van der Waals surface area contributed by atoms with E-state index in [-0.39, 0.29) is 12.1 Å². The van der Waals surface area contributed by atoms with Crippen LogP contribution in [0.4, 0.5) is 0 Å². The third-order valence-corrected chi connectivity index (χ3v) is 2.54. The Morgan fingerprint density at radius 3 is 2.93 bits per heavy atom. The molecule has 0 heterocycles. The van der Waals surface area contributed by atoms with E-state index in [1.54, 1.807) is 0 Å². The highest BCUT2D eigenvalue weighted by Gasteiger charge is 2.33. The van der Waals surface area contributed by atoms with Crippen LogP contribution in [0.5, 0.6) is 0 Å². The number of fused-ring (bicyclic) bond motifs is 1. The van der Waals surface area contributed by atoms with Gasteiger partial charge >= 0.3 is 0 Å². The fourth-order valence-electron chi connectivity index (χ4n) is 1.90. The van der Waals surface area contributed by atoms with Crippen LogP contribution >= 0.6 is 0 Å². The van der Waals surface area contributed by atoms with Crippen LogP contribution in [0.25, 0.3) is 0 Å². The van der Waals surface area contributed by atoms with E-state index in [4.69, 9.17) is 5.53 Å². The Labute approximate surface area is 81.0 Å². The third kappa shape index (κ3) is 1.26. The molecular weight excluding hydrogens is 180 g/mol. The lowest BCUT2D eigenvalue weighted by atomic mass is 10.1. The van der Waals surface area contributed by atoms with Gasteiger partial charge in [-0.2, -0.15) is 10.4 Å². The van der Waals surface area contributed by atoms with Gasteiger partial charge in [0.15, 0.2) is 0 Å². The molecule has 1 aliphatic rings. The highest BCUT2D eigenvalue weighted by atomic mass is 16.3. The van der Waals surface area contributed by atoms with E-state index in [2.05, 4.69) is 15.8 Å². The number of nitrogens with zero attached hydrogens (tertiary/aromatic N) is 2. The van der Waals surface area contributed by atoms with Crippen molar-refractivity contribution in [2.75, 3.05) is 0 Å². The number of rotatable bonds is 3. The second-order valence-corrected chi connectivity index (χ2v) is 3.29. The summed E-state index contributed by atoms with van der Waals surface area (Å²) in [5, 5.41) is 6.16. The molecule has 5 heteroatoms. The Morgan fingerprint density at radius 1 is 1.43 bits per heavy atom. The van der Waals surface area contributed by atoms with Crippen molar-refractivity contribution in [1.82, 2.24) is 5.43 Å². The molecule has 2 atom stereocenters. The first kappa shape index (κ1) is 8.80. The first-order valence-electron chi connectivity index (χ1n) is 4.39. The summed E-state index contributed by atoms with van der Waals surface area (Å²) in [7, 11) is 0. The van der Waals surface area contributed by atoms with Gasteiger partial charge in [0.05, 0.1) is 6.04 Å². The van der Waals surface area contributed by atoms with E-state index in [1.165, 1.54) is 0 Å². The molecule has 1 aliphatic carbocycles. The average Bonchev–Trinajstić information content (AvgIpc) is 2.58. The summed E-state index contributed by atoms with van der Waals surface area (Å²) in [5.74, 6) is 0. The summed E-state index contributed by atoms with van der Waals surface area (Å²) >= 11 is 0. The first-order valence-corrected chi connectivity index (χ1v) is 4.39. The Morgan fingerprint density at radius 2 is 2.21 bits per heavy atom. The van der Waals surface area contributed by atoms with Gasteiger partial charge in [-0.25, -0.2) is 0 Å². The van der Waals surface area contributed by atoms with Crippen LogP contribution in [0.3, 0.4) is 0 Å². The fraction of sp³-hybridized carbons (Fsp3) is 0.333. The number of benzene rings is 1. The minimum absolute atomic E-state index is 0.235. The molecule has 1 aromatic carbocycles. The molecule has 72 valence electrons. The zero-order chi connectivity index (χ0) is 9.97. The molecule has 0 fully saturated rings. The summed E-state index contributed by atoms with van der Waals surface area (Å²) in [6.07, 6.45) is 0.632. The van der Waals surface area contributed by atoms with Gasteiger partial charge in [0.1, 0.15) is 6.04 Å². The highest BCUT2D eigenvalue weighted by molar-refractivity contribution is 5.37. The molecule has 0 aliphatic heterocycles. The summed E-state index contributed by atoms with van der Waals surface area (Å²) in [5.41, 5.74) is 11.5. The van der Waals surface area contributed by atoms with Crippen molar-refractivity contribution in [2.24, 2.45) is 10.4 Å². The van der Waals surface area contributed by atoms with Gasteiger partial charge in [-0.15, -0.1) is 0 Å². The number of nitrogens with one attached hydrogen (secondary N) is 2. The number of nitroso groups, excluding NO2 is 1. The smallest absolute Gasteiger partial charge is 0.122 e. The van der Waals surface area contributed by atoms with E-state index in [1.807, 2.05) is 24.3 Å². The molecule has 14 heavy (non-hydrogen) atoms. The lowest BCUT2D eigenvalue weighted by molar-refractivity contribution is 0.465. The van der Waals surface area contributed by atoms with Gasteiger partial charge in [-0.1, -0.05) is 34.7 Å². The van der Waals surface area contributed by atoms with Gasteiger partial charge in [0.2, 0.25) is 0 Å². The standard InChI is InChI=1S/C9H10N4O/c10-13-11-9-7-4-2-1-3-6(7)5-8(9)12-14/h1-4,8-9H,5H2,(H2,10,11)/t8-,9+/m1/s1. The molecule has 0 spiro atoms. The predicted octanol–water partition coefficient (Wildman–Crippen LogP) is 1.95. The minimum Gasteiger partial charge on any atom is -0.282 e. The molecular formula is C9H10N4O. The van der Waals surface area contributed by atoms with Gasteiger partial charge in [-0.3, -0.25) is 5.43 Å². The number of hydrogen-bond acceptors (Lipinski definition) is 4. The first-order chi connectivity index (χ1) is 6.86. The van der Waals surface area contributed by atoms with Gasteiger partial charge in [0, 0.05) is 6.42 Å². The van der Waals surface area contributed by atoms with Gasteiger partial charge in [0.25, 0.3) is 0 Å². The SMILES string of the molecule is N=NN[C@H]1c2ccccc2C[C@H]1N=O. The zero-order valence-electron chi connectivity index (χ0n) is 7.47. The van der Waals surface area contributed by atoms with Crippen molar-refractivity contribution < 1.29 is 0 Å². The van der Waals surface area contributed by atoms with Crippen LogP contribution in [0, 0.1) is 10.4 Å². The summed E-state index contributed by atoms with van der Waals surface area (Å²) in [4.78, 5) is 10.6. The summed E-state index contributed by atoms with van der Waals surface area (Å²) in [6, 6.07) is 7.16. The van der Waals surface area contributed by atoms with E-state index in [0.717, 1.165) is 11.1 Å². The molecule has 0 radical (unpaired) electrons. The molecule has 2 N–H and O–H groups in total. The van der Waals surface area contributed by atoms with E-state index in [9.17, 15) is 4.91 Å². The van der Waals surface area contributed by atoms with E-state index in [0.29, 0.717) is 6.42 Å². The Hall–Kier alpha value is -1.78. The minimum atomic E-state index is -0.346. The summed E-state index contributed by atoms with van der Waals surface area (Å²) < 4.78 is 0. The normalized spacial score (nSPS) is 24.0. The molecule has 0 aromatic heterocycles. The van der Waals surface area contributed by atoms with Crippen molar-refractivity contribution in [1.29, 1.82) is 5.53 Å². The Kier molecular flexibility index (Phi) is 2.22. The van der Waals surface area contributed by atoms with Crippen LogP contribution in [-0.2, 0) is 6.42 Å². The van der Waals surface area contributed by atoms with E-state index < -0.39 is 0 Å². The monoisotopic (exact) mass is 190 g/mol. The Bertz CT molecular complexity index is 366. The molecule has 0 bridgehead atoms. The van der Waals surface area contributed by atoms with Crippen LogP contribution in [-0.4, -0.2) is 6.04 Å². The van der Waals surface area contributed by atoms with Crippen molar-refractivity contribution in [2.45, 2.75) is 18.5 Å². The molecule has 0 saturated heterocycles. The maximum Gasteiger partial charge on any atom is 0.122 e. The summed E-state index contributed by atoms with van der Waals surface area (Å²) in [6.45, 7) is 0.